The molecule has 146 valence electrons. The van der Waals surface area contributed by atoms with Gasteiger partial charge in [-0.3, -0.25) is 4.79 Å². The van der Waals surface area contributed by atoms with Gasteiger partial charge in [0.25, 0.3) is 0 Å². The Kier molecular flexibility index (Phi) is 5.76. The van der Waals surface area contributed by atoms with E-state index in [-0.39, 0.29) is 5.91 Å². The highest BCUT2D eigenvalue weighted by molar-refractivity contribution is 7.18. The molecule has 0 N–H and O–H groups in total. The van der Waals surface area contributed by atoms with Gasteiger partial charge in [0.2, 0.25) is 5.91 Å². The molecular formula is C22H31N3OS. The van der Waals surface area contributed by atoms with Crippen molar-refractivity contribution in [2.24, 2.45) is 0 Å². The lowest BCUT2D eigenvalue weighted by Crippen LogP contribution is -2.39. The van der Waals surface area contributed by atoms with Crippen LogP contribution in [0.25, 0.3) is 10.2 Å². The SMILES string of the molecule is CC(=O)N(Cc1nc(C)nc2sc(C3CCCCC3)cc12)C1CCCCC1. The first-order valence-electron chi connectivity index (χ1n) is 10.7. The number of carbonyl (C=O) groups excluding carboxylic acids is 1. The Morgan fingerprint density at radius 1 is 1.07 bits per heavy atom. The minimum absolute atomic E-state index is 0.175. The maximum absolute atomic E-state index is 12.4. The summed E-state index contributed by atoms with van der Waals surface area (Å²) >= 11 is 1.85. The van der Waals surface area contributed by atoms with E-state index in [4.69, 9.17) is 9.97 Å². The highest BCUT2D eigenvalue weighted by Gasteiger charge is 2.26. The molecule has 4 nitrogen and oxygen atoms in total. The van der Waals surface area contributed by atoms with Gasteiger partial charge in [-0.1, -0.05) is 38.5 Å². The maximum atomic E-state index is 12.4. The molecule has 0 aliphatic heterocycles. The molecule has 0 spiro atoms. The van der Waals surface area contributed by atoms with Crippen molar-refractivity contribution in [3.05, 3.63) is 22.5 Å². The standard InChI is InChI=1S/C22H31N3OS/c1-15-23-20(14-25(16(2)26)18-11-7-4-8-12-18)19-13-21(27-22(19)24-15)17-9-5-3-6-10-17/h13,17-18H,3-12,14H2,1-2H3. The zero-order valence-corrected chi connectivity index (χ0v) is 17.5. The number of aromatic nitrogens is 2. The molecule has 0 unspecified atom stereocenters. The van der Waals surface area contributed by atoms with Crippen LogP contribution in [0.5, 0.6) is 0 Å². The predicted molar refractivity (Wildman–Crippen MR) is 111 cm³/mol. The minimum Gasteiger partial charge on any atom is -0.334 e. The molecule has 2 saturated carbocycles. The fraction of sp³-hybridized carbons (Fsp3) is 0.682. The third-order valence-electron chi connectivity index (χ3n) is 6.35. The molecule has 0 aromatic carbocycles. The van der Waals surface area contributed by atoms with Gasteiger partial charge >= 0.3 is 0 Å². The zero-order chi connectivity index (χ0) is 18.8. The summed E-state index contributed by atoms with van der Waals surface area (Å²) in [5.74, 6) is 1.68. The first-order valence-corrected chi connectivity index (χ1v) is 11.5. The molecule has 5 heteroatoms. The third kappa shape index (κ3) is 4.18. The molecule has 1 amide bonds. The number of nitrogens with zero attached hydrogens (tertiary/aromatic N) is 3. The number of carbonyl (C=O) groups is 1. The first-order chi connectivity index (χ1) is 13.1. The number of fused-ring (bicyclic) bond motifs is 1. The van der Waals surface area contributed by atoms with Crippen LogP contribution in [0.15, 0.2) is 6.07 Å². The molecular weight excluding hydrogens is 354 g/mol. The highest BCUT2D eigenvalue weighted by Crippen LogP contribution is 2.39. The van der Waals surface area contributed by atoms with Crippen molar-refractivity contribution in [3.63, 3.8) is 0 Å². The smallest absolute Gasteiger partial charge is 0.220 e. The summed E-state index contributed by atoms with van der Waals surface area (Å²) in [5, 5.41) is 1.17. The van der Waals surface area contributed by atoms with E-state index < -0.39 is 0 Å². The number of thiophene rings is 1. The summed E-state index contributed by atoms with van der Waals surface area (Å²) in [4.78, 5) is 26.5. The van der Waals surface area contributed by atoms with E-state index >= 15 is 0 Å². The number of hydrogen-bond donors (Lipinski definition) is 0. The van der Waals surface area contributed by atoms with Gasteiger partial charge in [-0.25, -0.2) is 9.97 Å². The topological polar surface area (TPSA) is 46.1 Å². The average molecular weight is 386 g/mol. The van der Waals surface area contributed by atoms with Crippen LogP contribution < -0.4 is 0 Å². The summed E-state index contributed by atoms with van der Waals surface area (Å²) in [6, 6.07) is 2.71. The molecule has 0 bridgehead atoms. The summed E-state index contributed by atoms with van der Waals surface area (Å²) in [6.45, 7) is 4.31. The number of aryl methyl sites for hydroxylation is 1. The minimum atomic E-state index is 0.175. The second kappa shape index (κ2) is 8.26. The van der Waals surface area contributed by atoms with Crippen LogP contribution in [0.3, 0.4) is 0 Å². The molecule has 2 aliphatic rings. The fourth-order valence-electron chi connectivity index (χ4n) is 4.88. The predicted octanol–water partition coefficient (Wildman–Crippen LogP) is 5.73. The van der Waals surface area contributed by atoms with Crippen LogP contribution in [0.4, 0.5) is 0 Å². The van der Waals surface area contributed by atoms with Crippen LogP contribution in [0.2, 0.25) is 0 Å². The van der Waals surface area contributed by atoms with E-state index in [9.17, 15) is 4.79 Å². The Balaban J connectivity index is 1.65. The van der Waals surface area contributed by atoms with E-state index in [1.54, 1.807) is 6.92 Å². The van der Waals surface area contributed by atoms with Crippen molar-refractivity contribution >= 4 is 27.5 Å². The lowest BCUT2D eigenvalue weighted by molar-refractivity contribution is -0.132. The summed E-state index contributed by atoms with van der Waals surface area (Å²) in [7, 11) is 0. The first kappa shape index (κ1) is 18.9. The normalized spacial score (nSPS) is 19.5. The van der Waals surface area contributed by atoms with Crippen LogP contribution in [0.1, 0.15) is 93.4 Å². The van der Waals surface area contributed by atoms with Crippen molar-refractivity contribution in [3.8, 4) is 0 Å². The van der Waals surface area contributed by atoms with Crippen molar-refractivity contribution in [2.75, 3.05) is 0 Å². The van der Waals surface area contributed by atoms with Crippen LogP contribution in [-0.2, 0) is 11.3 Å². The largest absolute Gasteiger partial charge is 0.334 e. The maximum Gasteiger partial charge on any atom is 0.220 e. The van der Waals surface area contributed by atoms with Gasteiger partial charge in [0.1, 0.15) is 10.7 Å². The van der Waals surface area contributed by atoms with Gasteiger partial charge < -0.3 is 4.90 Å². The van der Waals surface area contributed by atoms with Gasteiger partial charge in [-0.15, -0.1) is 11.3 Å². The molecule has 4 rings (SSSR count). The molecule has 0 saturated heterocycles. The molecule has 2 aromatic heterocycles. The summed E-state index contributed by atoms with van der Waals surface area (Å²) in [6.07, 6.45) is 12.7. The number of rotatable bonds is 4. The van der Waals surface area contributed by atoms with Gasteiger partial charge in [-0.2, -0.15) is 0 Å². The Bertz CT molecular complexity index is 803. The molecule has 0 atom stereocenters. The zero-order valence-electron chi connectivity index (χ0n) is 16.7. The third-order valence-corrected chi connectivity index (χ3v) is 7.54. The second-order valence-corrected chi connectivity index (χ2v) is 9.42. The van der Waals surface area contributed by atoms with E-state index in [1.807, 2.05) is 18.3 Å². The molecule has 2 aromatic rings. The van der Waals surface area contributed by atoms with Gasteiger partial charge in [-0.05, 0) is 44.6 Å². The van der Waals surface area contributed by atoms with Crippen LogP contribution in [0, 0.1) is 6.92 Å². The average Bonchev–Trinajstić information content (AvgIpc) is 3.11. The lowest BCUT2D eigenvalue weighted by atomic mass is 9.88. The molecule has 2 fully saturated rings. The fourth-order valence-corrected chi connectivity index (χ4v) is 6.14. The van der Waals surface area contributed by atoms with E-state index in [1.165, 1.54) is 61.6 Å². The second-order valence-electron chi connectivity index (χ2n) is 8.36. The Hall–Kier alpha value is -1.49. The summed E-state index contributed by atoms with van der Waals surface area (Å²) < 4.78 is 0. The molecule has 0 radical (unpaired) electrons. The van der Waals surface area contributed by atoms with E-state index in [2.05, 4.69) is 11.0 Å². The Morgan fingerprint density at radius 2 is 1.74 bits per heavy atom. The van der Waals surface area contributed by atoms with Gasteiger partial charge in [0.05, 0.1) is 12.2 Å². The lowest BCUT2D eigenvalue weighted by Gasteiger charge is -2.33. The van der Waals surface area contributed by atoms with Crippen molar-refractivity contribution in [1.82, 2.24) is 14.9 Å². The van der Waals surface area contributed by atoms with Gasteiger partial charge in [0.15, 0.2) is 0 Å². The molecule has 27 heavy (non-hydrogen) atoms. The number of amides is 1. The highest BCUT2D eigenvalue weighted by atomic mass is 32.1. The Labute approximate surface area is 166 Å². The molecule has 2 heterocycles. The summed E-state index contributed by atoms with van der Waals surface area (Å²) in [5.41, 5.74) is 1.04. The van der Waals surface area contributed by atoms with Crippen LogP contribution in [-0.4, -0.2) is 26.8 Å². The van der Waals surface area contributed by atoms with E-state index in [0.29, 0.717) is 18.5 Å². The molecule has 2 aliphatic carbocycles. The van der Waals surface area contributed by atoms with Gasteiger partial charge in [0, 0.05) is 23.2 Å². The van der Waals surface area contributed by atoms with Crippen LogP contribution >= 0.6 is 11.3 Å². The monoisotopic (exact) mass is 385 g/mol. The van der Waals surface area contributed by atoms with E-state index in [0.717, 1.165) is 29.2 Å². The number of hydrogen-bond acceptors (Lipinski definition) is 4. The Morgan fingerprint density at radius 3 is 2.41 bits per heavy atom. The van der Waals surface area contributed by atoms with Crippen molar-refractivity contribution in [1.29, 1.82) is 0 Å². The van der Waals surface area contributed by atoms with Crippen molar-refractivity contribution < 1.29 is 4.79 Å². The van der Waals surface area contributed by atoms with Crippen molar-refractivity contribution in [2.45, 2.75) is 96.6 Å². The quantitative estimate of drug-likeness (QED) is 0.675.